The summed E-state index contributed by atoms with van der Waals surface area (Å²) >= 11 is 6.01. The summed E-state index contributed by atoms with van der Waals surface area (Å²) in [5, 5.41) is 7.73. The van der Waals surface area contributed by atoms with Crippen molar-refractivity contribution in [3.63, 3.8) is 0 Å². The van der Waals surface area contributed by atoms with Crippen LogP contribution in [0.4, 0.5) is 22.0 Å². The Bertz CT molecular complexity index is 1080. The molecule has 7 nitrogen and oxygen atoms in total. The van der Waals surface area contributed by atoms with Crippen LogP contribution in [0.3, 0.4) is 0 Å². The molecule has 0 bridgehead atoms. The molecule has 1 aliphatic heterocycles. The van der Waals surface area contributed by atoms with Crippen molar-refractivity contribution >= 4 is 33.3 Å². The van der Waals surface area contributed by atoms with Crippen molar-refractivity contribution in [3.05, 3.63) is 23.2 Å². The number of sulfone groups is 1. The molecule has 34 heavy (non-hydrogen) atoms. The van der Waals surface area contributed by atoms with E-state index >= 15 is 0 Å². The number of alkyl halides is 5. The number of carbonyl (C=O) groups is 2. The van der Waals surface area contributed by atoms with Gasteiger partial charge in [0.1, 0.15) is 5.75 Å². The van der Waals surface area contributed by atoms with E-state index in [0.717, 1.165) is 30.0 Å². The van der Waals surface area contributed by atoms with E-state index in [1.165, 1.54) is 0 Å². The number of carboxylic acids is 1. The van der Waals surface area contributed by atoms with Gasteiger partial charge in [0.25, 0.3) is 5.92 Å². The molecule has 1 aliphatic carbocycles. The Morgan fingerprint density at radius 3 is 2.35 bits per heavy atom. The first-order valence-electron chi connectivity index (χ1n) is 10.2. The molecule has 3 rings (SSSR count). The van der Waals surface area contributed by atoms with Crippen molar-refractivity contribution in [1.29, 1.82) is 0 Å². The van der Waals surface area contributed by atoms with Crippen LogP contribution in [-0.2, 0) is 19.4 Å². The van der Waals surface area contributed by atoms with Gasteiger partial charge in [0.2, 0.25) is 5.91 Å². The summed E-state index contributed by atoms with van der Waals surface area (Å²) < 4.78 is 96.2. The number of nitrogens with zero attached hydrogens (tertiary/aromatic N) is 1. The fourth-order valence-corrected chi connectivity index (χ4v) is 6.55. The predicted octanol–water partition coefficient (Wildman–Crippen LogP) is 3.79. The third-order valence-electron chi connectivity index (χ3n) is 6.06. The molecule has 0 unspecified atom stereocenters. The quantitative estimate of drug-likeness (QED) is 0.558. The molecule has 1 amide bonds. The van der Waals surface area contributed by atoms with Crippen molar-refractivity contribution in [1.82, 2.24) is 4.90 Å². The minimum absolute atomic E-state index is 0.268. The maximum atomic E-state index is 13.5. The van der Waals surface area contributed by atoms with E-state index in [2.05, 4.69) is 0 Å². The topological polar surface area (TPSA) is 101 Å². The maximum absolute atomic E-state index is 13.5. The number of carboxylic acid groups (broad SMARTS) is 1. The smallest absolute Gasteiger partial charge is 0.425 e. The van der Waals surface area contributed by atoms with Crippen LogP contribution in [0.1, 0.15) is 26.2 Å². The first kappa shape index (κ1) is 26.5. The fraction of sp³-hybridized carbons (Fsp3) is 0.600. The molecule has 4 atom stereocenters. The monoisotopic (exact) mass is 533 g/mol. The summed E-state index contributed by atoms with van der Waals surface area (Å²) in [6.07, 6.45) is -8.27. The fourth-order valence-electron chi connectivity index (χ4n) is 4.19. The minimum Gasteiger partial charge on any atom is -0.481 e. The number of ether oxygens (including phenoxy) is 1. The molecule has 2 aliphatic rings. The lowest BCUT2D eigenvalue weighted by Crippen LogP contribution is -2.39. The molecule has 190 valence electrons. The molecule has 1 N–H and O–H groups in total. The average molecular weight is 534 g/mol. The van der Waals surface area contributed by atoms with Crippen molar-refractivity contribution in [2.24, 2.45) is 11.8 Å². The second-order valence-electron chi connectivity index (χ2n) is 8.45. The second-order valence-corrected chi connectivity index (χ2v) is 11.1. The lowest BCUT2D eigenvalue weighted by Gasteiger charge is -2.22. The molecule has 0 aromatic heterocycles. The van der Waals surface area contributed by atoms with Gasteiger partial charge in [-0.25, -0.2) is 17.2 Å². The third-order valence-corrected chi connectivity index (χ3v) is 8.71. The zero-order chi connectivity index (χ0) is 25.6. The van der Waals surface area contributed by atoms with E-state index in [-0.39, 0.29) is 12.3 Å². The van der Waals surface area contributed by atoms with E-state index in [9.17, 15) is 45.1 Å². The van der Waals surface area contributed by atoms with Crippen LogP contribution >= 0.6 is 11.6 Å². The molecule has 1 saturated heterocycles. The van der Waals surface area contributed by atoms with E-state index in [1.54, 1.807) is 0 Å². The zero-order valence-corrected chi connectivity index (χ0v) is 19.3. The van der Waals surface area contributed by atoms with Crippen molar-refractivity contribution in [2.75, 3.05) is 13.1 Å². The molecule has 0 radical (unpaired) electrons. The lowest BCUT2D eigenvalue weighted by molar-refractivity contribution is -0.189. The Morgan fingerprint density at radius 2 is 1.85 bits per heavy atom. The first-order valence-corrected chi connectivity index (χ1v) is 12.1. The van der Waals surface area contributed by atoms with Gasteiger partial charge in [-0.3, -0.25) is 9.59 Å². The largest absolute Gasteiger partial charge is 0.481 e. The van der Waals surface area contributed by atoms with E-state index in [0.29, 0.717) is 0 Å². The van der Waals surface area contributed by atoms with Crippen LogP contribution in [0, 0.1) is 11.8 Å². The van der Waals surface area contributed by atoms with Gasteiger partial charge < -0.3 is 14.7 Å². The van der Waals surface area contributed by atoms with E-state index in [1.807, 2.05) is 0 Å². The van der Waals surface area contributed by atoms with Crippen LogP contribution in [0.2, 0.25) is 5.02 Å². The number of amides is 1. The SMILES string of the molecule is C[C@H](Oc1ccc(S(=O)(=O)[C@H]2C[C@@H](C(=O)O)[C@H](C(=O)N3CCC(F)(F)C3)C2)c(Cl)c1)C(F)(F)F. The minimum atomic E-state index is -4.66. The average Bonchev–Trinajstić information content (AvgIpc) is 3.30. The summed E-state index contributed by atoms with van der Waals surface area (Å²) in [7, 11) is -4.31. The van der Waals surface area contributed by atoms with Crippen molar-refractivity contribution in [2.45, 2.75) is 54.5 Å². The van der Waals surface area contributed by atoms with Crippen molar-refractivity contribution < 1.29 is 49.8 Å². The number of benzene rings is 1. The van der Waals surface area contributed by atoms with Gasteiger partial charge in [-0.2, -0.15) is 13.2 Å². The summed E-state index contributed by atoms with van der Waals surface area (Å²) in [4.78, 5) is 24.9. The second kappa shape index (κ2) is 9.14. The van der Waals surface area contributed by atoms with E-state index in [4.69, 9.17) is 16.3 Å². The van der Waals surface area contributed by atoms with Crippen LogP contribution in [-0.4, -0.2) is 66.8 Å². The summed E-state index contributed by atoms with van der Waals surface area (Å²) in [5.41, 5.74) is 0. The number of carbonyl (C=O) groups excluding carboxylic acids is 1. The zero-order valence-electron chi connectivity index (χ0n) is 17.7. The predicted molar refractivity (Wildman–Crippen MR) is 109 cm³/mol. The standard InChI is InChI=1S/C20H21ClF5NO6S/c1-10(20(24,25)26)33-11-2-3-16(15(21)6-11)34(31,32)12-7-13(14(8-12)18(29)30)17(28)27-5-4-19(22,23)9-27/h2-3,6,10,12-14H,4-5,7-9H2,1H3,(H,29,30)/t10-,12+,13+,14+/m0/s1. The van der Waals surface area contributed by atoms with Gasteiger partial charge >= 0.3 is 12.1 Å². The number of aliphatic carboxylic acids is 1. The Balaban J connectivity index is 1.82. The lowest BCUT2D eigenvalue weighted by atomic mass is 9.95. The summed E-state index contributed by atoms with van der Waals surface area (Å²) in [6, 6.07) is 2.83. The highest BCUT2D eigenvalue weighted by Gasteiger charge is 2.51. The third kappa shape index (κ3) is 5.40. The number of likely N-dealkylation sites (tertiary alicyclic amines) is 1. The Morgan fingerprint density at radius 1 is 1.24 bits per heavy atom. The van der Waals surface area contributed by atoms with E-state index < -0.39 is 92.7 Å². The highest BCUT2D eigenvalue weighted by Crippen LogP contribution is 2.42. The van der Waals surface area contributed by atoms with Gasteiger partial charge in [0, 0.05) is 19.0 Å². The highest BCUT2D eigenvalue weighted by atomic mass is 35.5. The Hall–Kier alpha value is -2.15. The number of rotatable bonds is 6. The molecule has 14 heteroatoms. The number of hydrogen-bond acceptors (Lipinski definition) is 5. The van der Waals surface area contributed by atoms with Gasteiger partial charge in [-0.15, -0.1) is 0 Å². The number of halogens is 6. The maximum Gasteiger partial charge on any atom is 0.425 e. The molecule has 1 heterocycles. The van der Waals surface area contributed by atoms with Crippen LogP contribution in [0.25, 0.3) is 0 Å². The van der Waals surface area contributed by atoms with Gasteiger partial charge in [0.15, 0.2) is 15.9 Å². The van der Waals surface area contributed by atoms with Crippen LogP contribution < -0.4 is 4.74 Å². The molecule has 1 aromatic carbocycles. The Labute approximate surface area is 196 Å². The molecular weight excluding hydrogens is 513 g/mol. The summed E-state index contributed by atoms with van der Waals surface area (Å²) in [6.45, 7) is -0.373. The molecular formula is C20H21ClF5NO6S. The molecule has 0 spiro atoms. The molecule has 2 fully saturated rings. The normalized spacial score (nSPS) is 25.9. The van der Waals surface area contributed by atoms with Crippen LogP contribution in [0.5, 0.6) is 5.75 Å². The van der Waals surface area contributed by atoms with Gasteiger partial charge in [0.05, 0.1) is 33.5 Å². The highest BCUT2D eigenvalue weighted by molar-refractivity contribution is 7.92. The molecule has 1 saturated carbocycles. The molecule has 1 aromatic rings. The van der Waals surface area contributed by atoms with Gasteiger partial charge in [-0.05, 0) is 31.9 Å². The summed E-state index contributed by atoms with van der Waals surface area (Å²) in [5.74, 6) is -8.43. The number of hydrogen-bond donors (Lipinski definition) is 1. The Kier molecular flexibility index (Phi) is 7.11. The van der Waals surface area contributed by atoms with Crippen LogP contribution in [0.15, 0.2) is 23.1 Å². The van der Waals surface area contributed by atoms with Crippen molar-refractivity contribution in [3.8, 4) is 5.75 Å². The first-order chi connectivity index (χ1) is 15.5. The van der Waals surface area contributed by atoms with Gasteiger partial charge in [-0.1, -0.05) is 11.6 Å².